The average molecular weight is 276 g/mol. The first-order valence-corrected chi connectivity index (χ1v) is 7.88. The van der Waals surface area contributed by atoms with Crippen LogP contribution in [0.3, 0.4) is 0 Å². The predicted octanol–water partition coefficient (Wildman–Crippen LogP) is 1.21. The van der Waals surface area contributed by atoms with Gasteiger partial charge in [0.2, 0.25) is 0 Å². The minimum atomic E-state index is -3.54. The molecular weight excluding hydrogens is 260 g/mol. The van der Waals surface area contributed by atoms with Gasteiger partial charge in [0.15, 0.2) is 4.21 Å². The number of hydrogen-bond acceptors (Lipinski definition) is 4. The van der Waals surface area contributed by atoms with Crippen molar-refractivity contribution in [2.45, 2.75) is 37.3 Å². The van der Waals surface area contributed by atoms with Crippen LogP contribution in [0, 0.1) is 12.3 Å². The van der Waals surface area contributed by atoms with Crippen LogP contribution >= 0.6 is 11.3 Å². The van der Waals surface area contributed by atoms with E-state index in [-0.39, 0.29) is 14.5 Å². The molecule has 5 nitrogen and oxygen atoms in total. The number of aromatic amines is 1. The first-order valence-electron chi connectivity index (χ1n) is 5.58. The number of rotatable bonds is 5. The second-order valence-electron chi connectivity index (χ2n) is 4.61. The summed E-state index contributed by atoms with van der Waals surface area (Å²) in [4.78, 5) is 13.2. The Morgan fingerprint density at radius 2 is 2.12 bits per heavy atom. The fourth-order valence-corrected chi connectivity index (χ4v) is 4.29. The van der Waals surface area contributed by atoms with Crippen LogP contribution in [-0.4, -0.2) is 19.9 Å². The highest BCUT2D eigenvalue weighted by atomic mass is 32.2. The number of hydrogen-bond donors (Lipinski definition) is 2. The van der Waals surface area contributed by atoms with Gasteiger partial charge in [0.25, 0.3) is 10.0 Å². The average Bonchev–Trinajstić information content (AvgIpc) is 2.96. The fourth-order valence-electron chi connectivity index (χ4n) is 1.79. The van der Waals surface area contributed by atoms with Crippen molar-refractivity contribution in [3.8, 4) is 0 Å². The van der Waals surface area contributed by atoms with E-state index in [1.54, 1.807) is 6.92 Å². The summed E-state index contributed by atoms with van der Waals surface area (Å²) in [5, 5.41) is 0. The van der Waals surface area contributed by atoms with E-state index in [2.05, 4.69) is 16.6 Å². The molecule has 7 heteroatoms. The van der Waals surface area contributed by atoms with Crippen molar-refractivity contribution in [3.63, 3.8) is 0 Å². The molecule has 0 bridgehead atoms. The Morgan fingerprint density at radius 1 is 1.47 bits per heavy atom. The van der Waals surface area contributed by atoms with E-state index in [1.165, 1.54) is 0 Å². The number of aryl methyl sites for hydroxylation is 1. The summed E-state index contributed by atoms with van der Waals surface area (Å²) in [6.07, 6.45) is 3.14. The van der Waals surface area contributed by atoms with Gasteiger partial charge in [-0.1, -0.05) is 18.3 Å². The number of nitrogens with one attached hydrogen (secondary N) is 2. The molecule has 17 heavy (non-hydrogen) atoms. The molecule has 2 N–H and O–H groups in total. The lowest BCUT2D eigenvalue weighted by atomic mass is 10.1. The van der Waals surface area contributed by atoms with Crippen LogP contribution in [0.1, 0.15) is 31.9 Å². The molecule has 0 aromatic carbocycles. The van der Waals surface area contributed by atoms with Gasteiger partial charge in [0.05, 0.1) is 0 Å². The fraction of sp³-hybridized carbons (Fsp3) is 0.700. The molecule has 0 amide bonds. The lowest BCUT2D eigenvalue weighted by Crippen LogP contribution is -2.30. The summed E-state index contributed by atoms with van der Waals surface area (Å²) in [5.74, 6) is 0. The zero-order chi connectivity index (χ0) is 12.7. The van der Waals surface area contributed by atoms with Crippen LogP contribution in [0.2, 0.25) is 0 Å². The Bertz CT molecular complexity index is 567. The molecule has 2 rings (SSSR count). The molecule has 1 saturated carbocycles. The Balaban J connectivity index is 2.14. The maximum absolute atomic E-state index is 12.0. The van der Waals surface area contributed by atoms with Gasteiger partial charge < -0.3 is 4.98 Å². The molecule has 96 valence electrons. The SMILES string of the molecule is CCC1(CNS(=O)(=O)c2sc(=O)[nH]c2C)CC1. The molecule has 1 aromatic rings. The molecule has 0 spiro atoms. The van der Waals surface area contributed by atoms with Crippen molar-refractivity contribution < 1.29 is 8.42 Å². The van der Waals surface area contributed by atoms with Gasteiger partial charge in [-0.25, -0.2) is 13.1 Å². The van der Waals surface area contributed by atoms with Gasteiger partial charge >= 0.3 is 4.87 Å². The van der Waals surface area contributed by atoms with Gasteiger partial charge in [0, 0.05) is 12.2 Å². The largest absolute Gasteiger partial charge is 0.315 e. The van der Waals surface area contributed by atoms with E-state index >= 15 is 0 Å². The minimum absolute atomic E-state index is 0.106. The maximum Gasteiger partial charge on any atom is 0.305 e. The zero-order valence-electron chi connectivity index (χ0n) is 9.87. The summed E-state index contributed by atoms with van der Waals surface area (Å²) in [6.45, 7) is 4.14. The Morgan fingerprint density at radius 3 is 2.53 bits per heavy atom. The number of H-pyrrole nitrogens is 1. The minimum Gasteiger partial charge on any atom is -0.315 e. The van der Waals surface area contributed by atoms with Crippen molar-refractivity contribution in [1.29, 1.82) is 0 Å². The van der Waals surface area contributed by atoms with Crippen molar-refractivity contribution in [3.05, 3.63) is 15.4 Å². The topological polar surface area (TPSA) is 79.0 Å². The second kappa shape index (κ2) is 4.22. The Hall–Kier alpha value is -0.660. The molecule has 1 aromatic heterocycles. The third-order valence-electron chi connectivity index (χ3n) is 3.37. The molecule has 0 aliphatic heterocycles. The van der Waals surface area contributed by atoms with E-state index in [4.69, 9.17) is 0 Å². The van der Waals surface area contributed by atoms with Crippen LogP contribution in [-0.2, 0) is 10.0 Å². The Kier molecular flexibility index (Phi) is 3.17. The van der Waals surface area contributed by atoms with Crippen LogP contribution in [0.15, 0.2) is 9.00 Å². The molecule has 1 fully saturated rings. The summed E-state index contributed by atoms with van der Waals surface area (Å²) in [6, 6.07) is 0. The van der Waals surface area contributed by atoms with Crippen molar-refractivity contribution in [1.82, 2.24) is 9.71 Å². The maximum atomic E-state index is 12.0. The van der Waals surface area contributed by atoms with E-state index in [1.807, 2.05) is 0 Å². The van der Waals surface area contributed by atoms with Gasteiger partial charge in [0.1, 0.15) is 0 Å². The van der Waals surface area contributed by atoms with Crippen molar-refractivity contribution >= 4 is 21.4 Å². The van der Waals surface area contributed by atoms with Crippen molar-refractivity contribution in [2.75, 3.05) is 6.54 Å². The highest BCUT2D eigenvalue weighted by Crippen LogP contribution is 2.48. The first-order chi connectivity index (χ1) is 7.88. The standard InChI is InChI=1S/C10H16N2O3S2/c1-3-10(4-5-10)6-11-17(14,15)8-7(2)12-9(13)16-8/h11H,3-6H2,1-2H3,(H,12,13). The van der Waals surface area contributed by atoms with Gasteiger partial charge in [-0.3, -0.25) is 4.79 Å². The summed E-state index contributed by atoms with van der Waals surface area (Å²) in [7, 11) is -3.54. The third kappa shape index (κ3) is 2.61. The quantitative estimate of drug-likeness (QED) is 0.848. The molecule has 0 unspecified atom stereocenters. The first kappa shape index (κ1) is 12.8. The normalized spacial score (nSPS) is 18.2. The molecule has 0 radical (unpaired) electrons. The highest BCUT2D eigenvalue weighted by Gasteiger charge is 2.41. The number of aromatic nitrogens is 1. The number of thiazole rings is 1. The third-order valence-corrected chi connectivity index (χ3v) is 6.38. The monoisotopic (exact) mass is 276 g/mol. The molecule has 1 aliphatic carbocycles. The lowest BCUT2D eigenvalue weighted by Gasteiger charge is -2.13. The molecule has 1 heterocycles. The van der Waals surface area contributed by atoms with Gasteiger partial charge in [-0.15, -0.1) is 0 Å². The molecule has 0 atom stereocenters. The summed E-state index contributed by atoms with van der Waals surface area (Å²) < 4.78 is 26.7. The summed E-state index contributed by atoms with van der Waals surface area (Å²) in [5.41, 5.74) is 0.566. The molecule has 1 aliphatic rings. The van der Waals surface area contributed by atoms with E-state index in [9.17, 15) is 13.2 Å². The van der Waals surface area contributed by atoms with Crippen LogP contribution in [0.5, 0.6) is 0 Å². The predicted molar refractivity (Wildman–Crippen MR) is 66.8 cm³/mol. The Labute approximate surface area is 104 Å². The van der Waals surface area contributed by atoms with E-state index < -0.39 is 10.0 Å². The molecule has 0 saturated heterocycles. The highest BCUT2D eigenvalue weighted by molar-refractivity contribution is 7.91. The van der Waals surface area contributed by atoms with Crippen LogP contribution in [0.25, 0.3) is 0 Å². The van der Waals surface area contributed by atoms with Gasteiger partial charge in [-0.2, -0.15) is 0 Å². The van der Waals surface area contributed by atoms with Crippen molar-refractivity contribution in [2.24, 2.45) is 5.41 Å². The van der Waals surface area contributed by atoms with Crippen LogP contribution in [0.4, 0.5) is 0 Å². The van der Waals surface area contributed by atoms with E-state index in [0.29, 0.717) is 12.2 Å². The zero-order valence-corrected chi connectivity index (χ0v) is 11.5. The smallest absolute Gasteiger partial charge is 0.305 e. The van der Waals surface area contributed by atoms with E-state index in [0.717, 1.165) is 30.6 Å². The second-order valence-corrected chi connectivity index (χ2v) is 7.55. The lowest BCUT2D eigenvalue weighted by molar-refractivity contribution is 0.476. The van der Waals surface area contributed by atoms with Gasteiger partial charge in [-0.05, 0) is 31.6 Å². The summed E-state index contributed by atoms with van der Waals surface area (Å²) >= 11 is 0.738. The van der Waals surface area contributed by atoms with Crippen LogP contribution < -0.4 is 9.60 Å². The number of sulfonamides is 1. The molecular formula is C10H16N2O3S2.